The molecule has 0 aliphatic rings. The smallest absolute Gasteiger partial charge is 0.0991 e. The van der Waals surface area contributed by atoms with Crippen molar-refractivity contribution in [1.29, 1.82) is 0 Å². The minimum Gasteiger partial charge on any atom is -0.309 e. The first-order valence-electron chi connectivity index (χ1n) is 5.68. The quantitative estimate of drug-likeness (QED) is 0.795. The number of aromatic nitrogens is 2. The molecule has 1 heterocycles. The van der Waals surface area contributed by atoms with Gasteiger partial charge in [-0.25, -0.2) is 4.98 Å². The summed E-state index contributed by atoms with van der Waals surface area (Å²) in [6.45, 7) is 7.62. The van der Waals surface area contributed by atoms with Gasteiger partial charge in [-0.05, 0) is 24.6 Å². The Kier molecular flexibility index (Phi) is 3.73. The third-order valence-corrected chi connectivity index (χ3v) is 2.49. The van der Waals surface area contributed by atoms with Crippen molar-refractivity contribution in [2.45, 2.75) is 13.5 Å². The average molecular weight is 227 g/mol. The predicted molar refractivity (Wildman–Crippen MR) is 70.1 cm³/mol. The van der Waals surface area contributed by atoms with Crippen molar-refractivity contribution >= 4 is 0 Å². The standard InChI is InChI=1S/C14H17N3/c1-12(2)9-16-10-13-3-5-14(6-4-13)17-8-7-15-11-17/h3-8,11,16H,1,9-10H2,2H3. The van der Waals surface area contributed by atoms with Gasteiger partial charge in [0.2, 0.25) is 0 Å². The first-order chi connectivity index (χ1) is 8.25. The lowest BCUT2D eigenvalue weighted by Crippen LogP contribution is -2.15. The van der Waals surface area contributed by atoms with Crippen molar-refractivity contribution in [3.63, 3.8) is 0 Å². The number of hydrogen-bond acceptors (Lipinski definition) is 2. The van der Waals surface area contributed by atoms with Crippen LogP contribution in [0.3, 0.4) is 0 Å². The molecule has 0 amide bonds. The maximum absolute atomic E-state index is 4.03. The number of hydrogen-bond donors (Lipinski definition) is 1. The minimum absolute atomic E-state index is 0.864. The van der Waals surface area contributed by atoms with Crippen molar-refractivity contribution in [3.8, 4) is 5.69 Å². The molecule has 2 rings (SSSR count). The topological polar surface area (TPSA) is 29.9 Å². The second-order valence-electron chi connectivity index (χ2n) is 4.20. The highest BCUT2D eigenvalue weighted by Gasteiger charge is 1.96. The van der Waals surface area contributed by atoms with Crippen LogP contribution in [0.5, 0.6) is 0 Å². The number of benzene rings is 1. The Labute approximate surface area is 102 Å². The fourth-order valence-electron chi connectivity index (χ4n) is 1.62. The summed E-state index contributed by atoms with van der Waals surface area (Å²) in [5.74, 6) is 0. The molecule has 0 unspecified atom stereocenters. The van der Waals surface area contributed by atoms with E-state index < -0.39 is 0 Å². The lowest BCUT2D eigenvalue weighted by Gasteiger charge is -2.06. The summed E-state index contributed by atoms with van der Waals surface area (Å²) in [5, 5.41) is 3.34. The van der Waals surface area contributed by atoms with Gasteiger partial charge in [-0.1, -0.05) is 24.3 Å². The van der Waals surface area contributed by atoms with Crippen LogP contribution in [0.2, 0.25) is 0 Å². The van der Waals surface area contributed by atoms with E-state index in [-0.39, 0.29) is 0 Å². The Hall–Kier alpha value is -1.87. The van der Waals surface area contributed by atoms with Gasteiger partial charge in [-0.3, -0.25) is 0 Å². The molecule has 0 bridgehead atoms. The van der Waals surface area contributed by atoms with Gasteiger partial charge in [0.1, 0.15) is 0 Å². The van der Waals surface area contributed by atoms with E-state index in [9.17, 15) is 0 Å². The molecule has 17 heavy (non-hydrogen) atoms. The average Bonchev–Trinajstić information content (AvgIpc) is 2.83. The molecule has 0 atom stereocenters. The SMILES string of the molecule is C=C(C)CNCc1ccc(-n2ccnc2)cc1. The number of imidazole rings is 1. The Morgan fingerprint density at radius 3 is 2.71 bits per heavy atom. The first-order valence-corrected chi connectivity index (χ1v) is 5.68. The van der Waals surface area contributed by atoms with Crippen LogP contribution in [0.15, 0.2) is 55.1 Å². The molecule has 0 saturated heterocycles. The number of rotatable bonds is 5. The maximum Gasteiger partial charge on any atom is 0.0991 e. The summed E-state index contributed by atoms with van der Waals surface area (Å²) in [4.78, 5) is 4.03. The third-order valence-electron chi connectivity index (χ3n) is 2.49. The Morgan fingerprint density at radius 1 is 1.35 bits per heavy atom. The molecule has 88 valence electrons. The van der Waals surface area contributed by atoms with Crippen LogP contribution >= 0.6 is 0 Å². The van der Waals surface area contributed by atoms with E-state index in [1.807, 2.05) is 17.7 Å². The predicted octanol–water partition coefficient (Wildman–Crippen LogP) is 2.54. The van der Waals surface area contributed by atoms with Gasteiger partial charge in [0.25, 0.3) is 0 Å². The minimum atomic E-state index is 0.864. The lowest BCUT2D eigenvalue weighted by molar-refractivity contribution is 0.741. The van der Waals surface area contributed by atoms with E-state index in [4.69, 9.17) is 0 Å². The fourth-order valence-corrected chi connectivity index (χ4v) is 1.62. The van der Waals surface area contributed by atoms with Crippen LogP contribution in [0.25, 0.3) is 5.69 Å². The molecular formula is C14H17N3. The molecule has 0 radical (unpaired) electrons. The van der Waals surface area contributed by atoms with Crippen LogP contribution in [-0.4, -0.2) is 16.1 Å². The van der Waals surface area contributed by atoms with Crippen LogP contribution in [0, 0.1) is 0 Å². The van der Waals surface area contributed by atoms with E-state index in [2.05, 4.69) is 41.1 Å². The summed E-state index contributed by atoms with van der Waals surface area (Å²) >= 11 is 0. The normalized spacial score (nSPS) is 10.4. The van der Waals surface area contributed by atoms with Crippen LogP contribution in [-0.2, 0) is 6.54 Å². The van der Waals surface area contributed by atoms with Gasteiger partial charge in [0.05, 0.1) is 6.33 Å². The molecule has 1 aromatic heterocycles. The van der Waals surface area contributed by atoms with Crippen molar-refractivity contribution < 1.29 is 0 Å². The monoisotopic (exact) mass is 227 g/mol. The van der Waals surface area contributed by atoms with Gasteiger partial charge in [0, 0.05) is 31.2 Å². The second-order valence-corrected chi connectivity index (χ2v) is 4.20. The van der Waals surface area contributed by atoms with Crippen molar-refractivity contribution in [2.24, 2.45) is 0 Å². The Balaban J connectivity index is 1.96. The highest BCUT2D eigenvalue weighted by molar-refractivity contribution is 5.34. The summed E-state index contributed by atoms with van der Waals surface area (Å²) in [5.41, 5.74) is 3.56. The van der Waals surface area contributed by atoms with Gasteiger partial charge < -0.3 is 9.88 Å². The van der Waals surface area contributed by atoms with E-state index in [0.29, 0.717) is 0 Å². The van der Waals surface area contributed by atoms with Gasteiger partial charge in [0.15, 0.2) is 0 Å². The highest BCUT2D eigenvalue weighted by atomic mass is 15.0. The van der Waals surface area contributed by atoms with E-state index in [1.165, 1.54) is 5.56 Å². The molecule has 0 spiro atoms. The van der Waals surface area contributed by atoms with Crippen molar-refractivity contribution in [1.82, 2.24) is 14.9 Å². The number of nitrogens with one attached hydrogen (secondary N) is 1. The first kappa shape index (κ1) is 11.6. The summed E-state index contributed by atoms with van der Waals surface area (Å²) in [6, 6.07) is 8.44. The molecule has 1 aromatic carbocycles. The van der Waals surface area contributed by atoms with E-state index in [0.717, 1.165) is 24.4 Å². The molecule has 2 aromatic rings. The van der Waals surface area contributed by atoms with Crippen LogP contribution in [0.1, 0.15) is 12.5 Å². The molecule has 0 fully saturated rings. The molecular weight excluding hydrogens is 210 g/mol. The van der Waals surface area contributed by atoms with E-state index >= 15 is 0 Å². The summed E-state index contributed by atoms with van der Waals surface area (Å²) < 4.78 is 1.99. The molecule has 1 N–H and O–H groups in total. The van der Waals surface area contributed by atoms with Crippen LogP contribution < -0.4 is 5.32 Å². The van der Waals surface area contributed by atoms with Crippen molar-refractivity contribution in [3.05, 3.63) is 60.7 Å². The van der Waals surface area contributed by atoms with E-state index in [1.54, 1.807) is 12.5 Å². The largest absolute Gasteiger partial charge is 0.309 e. The van der Waals surface area contributed by atoms with Gasteiger partial charge in [-0.15, -0.1) is 0 Å². The maximum atomic E-state index is 4.03. The Morgan fingerprint density at radius 2 is 2.12 bits per heavy atom. The van der Waals surface area contributed by atoms with Gasteiger partial charge in [-0.2, -0.15) is 0 Å². The van der Waals surface area contributed by atoms with Gasteiger partial charge >= 0.3 is 0 Å². The van der Waals surface area contributed by atoms with Crippen LogP contribution in [0.4, 0.5) is 0 Å². The van der Waals surface area contributed by atoms with Crippen molar-refractivity contribution in [2.75, 3.05) is 6.54 Å². The zero-order valence-electron chi connectivity index (χ0n) is 10.1. The zero-order chi connectivity index (χ0) is 12.1. The second kappa shape index (κ2) is 5.46. The molecule has 3 nitrogen and oxygen atoms in total. The fraction of sp³-hybridized carbons (Fsp3) is 0.214. The number of nitrogens with zero attached hydrogens (tertiary/aromatic N) is 2. The Bertz CT molecular complexity index is 469. The molecule has 0 aliphatic carbocycles. The summed E-state index contributed by atoms with van der Waals surface area (Å²) in [7, 11) is 0. The lowest BCUT2D eigenvalue weighted by atomic mass is 10.2. The molecule has 0 saturated carbocycles. The molecule has 3 heteroatoms. The third kappa shape index (κ3) is 3.29. The highest BCUT2D eigenvalue weighted by Crippen LogP contribution is 2.09. The molecule has 0 aliphatic heterocycles. The zero-order valence-corrected chi connectivity index (χ0v) is 10.1. The summed E-state index contributed by atoms with van der Waals surface area (Å²) in [6.07, 6.45) is 5.52.